The lowest BCUT2D eigenvalue weighted by Gasteiger charge is -2.18. The number of rotatable bonds is 8. The second-order valence-electron chi connectivity index (χ2n) is 4.48. The summed E-state index contributed by atoms with van der Waals surface area (Å²) in [5, 5.41) is 3.41. The molecule has 0 aliphatic heterocycles. The van der Waals surface area contributed by atoms with Gasteiger partial charge >= 0.3 is 0 Å². The molecule has 1 rings (SSSR count). The van der Waals surface area contributed by atoms with Crippen LogP contribution in [0.3, 0.4) is 0 Å². The zero-order valence-corrected chi connectivity index (χ0v) is 12.9. The summed E-state index contributed by atoms with van der Waals surface area (Å²) in [4.78, 5) is 16.8. The van der Waals surface area contributed by atoms with Crippen molar-refractivity contribution < 1.29 is 0 Å². The number of aromatic nitrogens is 3. The topological polar surface area (TPSA) is 57.2 Å². The highest BCUT2D eigenvalue weighted by Crippen LogP contribution is 2.13. The van der Waals surface area contributed by atoms with Crippen molar-refractivity contribution in [2.45, 2.75) is 20.3 Å². The van der Waals surface area contributed by atoms with Gasteiger partial charge in [-0.3, -0.25) is 0 Å². The average molecular weight is 287 g/mol. The van der Waals surface area contributed by atoms with Crippen molar-refractivity contribution in [3.05, 3.63) is 5.28 Å². The molecular formula is C12H23ClN6. The minimum atomic E-state index is 0.229. The molecular weight excluding hydrogens is 264 g/mol. The predicted molar refractivity (Wildman–Crippen MR) is 80.1 cm³/mol. The zero-order valence-electron chi connectivity index (χ0n) is 12.1. The van der Waals surface area contributed by atoms with E-state index in [1.807, 2.05) is 4.90 Å². The van der Waals surface area contributed by atoms with Crippen molar-refractivity contribution in [3.63, 3.8) is 0 Å². The van der Waals surface area contributed by atoms with Crippen LogP contribution in [0, 0.1) is 0 Å². The largest absolute Gasteiger partial charge is 0.354 e. The molecule has 1 aromatic heterocycles. The molecule has 0 aromatic carbocycles. The Morgan fingerprint density at radius 1 is 1.11 bits per heavy atom. The van der Waals surface area contributed by atoms with Crippen LogP contribution in [0.1, 0.15) is 20.3 Å². The number of hydrogen-bond acceptors (Lipinski definition) is 6. The third-order valence-corrected chi connectivity index (χ3v) is 2.88. The van der Waals surface area contributed by atoms with Crippen LogP contribution < -0.4 is 10.2 Å². The lowest BCUT2D eigenvalue weighted by atomic mass is 10.4. The van der Waals surface area contributed by atoms with E-state index in [1.165, 1.54) is 0 Å². The zero-order chi connectivity index (χ0) is 14.3. The molecule has 7 heteroatoms. The second kappa shape index (κ2) is 8.12. The summed E-state index contributed by atoms with van der Waals surface area (Å²) in [6.45, 7) is 7.65. The highest BCUT2D eigenvalue weighted by Gasteiger charge is 2.09. The van der Waals surface area contributed by atoms with E-state index in [4.69, 9.17) is 11.6 Å². The van der Waals surface area contributed by atoms with Gasteiger partial charge in [0.15, 0.2) is 0 Å². The summed E-state index contributed by atoms with van der Waals surface area (Å²) in [7, 11) is 4.11. The molecule has 0 aliphatic carbocycles. The molecule has 0 fully saturated rings. The first-order valence-electron chi connectivity index (χ1n) is 6.62. The Kier molecular flexibility index (Phi) is 6.80. The van der Waals surface area contributed by atoms with E-state index in [9.17, 15) is 0 Å². The van der Waals surface area contributed by atoms with Gasteiger partial charge < -0.3 is 15.1 Å². The average Bonchev–Trinajstić information content (AvgIpc) is 2.35. The maximum absolute atomic E-state index is 5.93. The maximum Gasteiger partial charge on any atom is 0.231 e. The Hall–Kier alpha value is -1.14. The van der Waals surface area contributed by atoms with Crippen molar-refractivity contribution in [2.24, 2.45) is 0 Å². The van der Waals surface area contributed by atoms with Crippen molar-refractivity contribution in [3.8, 4) is 0 Å². The Morgan fingerprint density at radius 3 is 2.37 bits per heavy atom. The first-order valence-corrected chi connectivity index (χ1v) is 6.99. The molecule has 6 nitrogen and oxygen atoms in total. The molecule has 19 heavy (non-hydrogen) atoms. The van der Waals surface area contributed by atoms with Gasteiger partial charge in [-0.2, -0.15) is 15.0 Å². The fourth-order valence-electron chi connectivity index (χ4n) is 1.66. The van der Waals surface area contributed by atoms with Gasteiger partial charge in [0.2, 0.25) is 17.2 Å². The fourth-order valence-corrected chi connectivity index (χ4v) is 1.82. The summed E-state index contributed by atoms with van der Waals surface area (Å²) < 4.78 is 0. The molecule has 1 N–H and O–H groups in total. The second-order valence-corrected chi connectivity index (χ2v) is 4.82. The molecule has 0 aliphatic rings. The maximum atomic E-state index is 5.93. The molecule has 108 valence electrons. The number of hydrogen-bond donors (Lipinski definition) is 1. The van der Waals surface area contributed by atoms with Crippen LogP contribution >= 0.6 is 11.6 Å². The van der Waals surface area contributed by atoms with E-state index >= 15 is 0 Å². The third-order valence-electron chi connectivity index (χ3n) is 2.71. The Labute approximate surface area is 120 Å². The minimum Gasteiger partial charge on any atom is -0.354 e. The van der Waals surface area contributed by atoms with Gasteiger partial charge in [0.25, 0.3) is 0 Å². The monoisotopic (exact) mass is 286 g/mol. The standard InChI is InChI=1S/C12H23ClN6/c1-5-19(6-2)12-16-10(13)15-11(17-12)14-8-7-9-18(3)4/h5-9H2,1-4H3,(H,14,15,16,17). The van der Waals surface area contributed by atoms with Crippen LogP contribution in [0.15, 0.2) is 0 Å². The van der Waals surface area contributed by atoms with Crippen molar-refractivity contribution >= 4 is 23.5 Å². The fraction of sp³-hybridized carbons (Fsp3) is 0.750. The Morgan fingerprint density at radius 2 is 1.79 bits per heavy atom. The molecule has 0 saturated heterocycles. The van der Waals surface area contributed by atoms with Crippen molar-refractivity contribution in [1.82, 2.24) is 19.9 Å². The molecule has 1 aromatic rings. The van der Waals surface area contributed by atoms with Crippen LogP contribution in [0.4, 0.5) is 11.9 Å². The van der Waals surface area contributed by atoms with Crippen LogP contribution in [0.2, 0.25) is 5.28 Å². The van der Waals surface area contributed by atoms with Gasteiger partial charge in [0, 0.05) is 19.6 Å². The number of nitrogens with zero attached hydrogens (tertiary/aromatic N) is 5. The van der Waals surface area contributed by atoms with Gasteiger partial charge in [-0.15, -0.1) is 0 Å². The van der Waals surface area contributed by atoms with E-state index in [0.29, 0.717) is 11.9 Å². The smallest absolute Gasteiger partial charge is 0.231 e. The minimum absolute atomic E-state index is 0.229. The Balaban J connectivity index is 2.63. The lowest BCUT2D eigenvalue weighted by molar-refractivity contribution is 0.405. The van der Waals surface area contributed by atoms with E-state index in [1.54, 1.807) is 0 Å². The lowest BCUT2D eigenvalue weighted by Crippen LogP contribution is -2.25. The van der Waals surface area contributed by atoms with Gasteiger partial charge in [0.1, 0.15) is 0 Å². The predicted octanol–water partition coefficient (Wildman–Crippen LogP) is 1.73. The van der Waals surface area contributed by atoms with Crippen LogP contribution in [0.5, 0.6) is 0 Å². The molecule has 0 bridgehead atoms. The van der Waals surface area contributed by atoms with Crippen LogP contribution in [-0.4, -0.2) is 60.1 Å². The van der Waals surface area contributed by atoms with Crippen molar-refractivity contribution in [1.29, 1.82) is 0 Å². The molecule has 0 radical (unpaired) electrons. The molecule has 0 saturated carbocycles. The normalized spacial score (nSPS) is 10.8. The summed E-state index contributed by atoms with van der Waals surface area (Å²) in [5.74, 6) is 1.17. The Bertz CT molecular complexity index is 380. The summed E-state index contributed by atoms with van der Waals surface area (Å²) >= 11 is 5.93. The number of nitrogens with one attached hydrogen (secondary N) is 1. The highest BCUT2D eigenvalue weighted by molar-refractivity contribution is 6.28. The van der Waals surface area contributed by atoms with E-state index in [-0.39, 0.29) is 5.28 Å². The van der Waals surface area contributed by atoms with Crippen LogP contribution in [0.25, 0.3) is 0 Å². The van der Waals surface area contributed by atoms with Gasteiger partial charge in [-0.25, -0.2) is 0 Å². The van der Waals surface area contributed by atoms with Gasteiger partial charge in [-0.1, -0.05) is 0 Å². The first-order chi connectivity index (χ1) is 9.06. The summed E-state index contributed by atoms with van der Waals surface area (Å²) in [6, 6.07) is 0. The third kappa shape index (κ3) is 5.57. The molecule has 1 heterocycles. The van der Waals surface area contributed by atoms with Gasteiger partial charge in [0.05, 0.1) is 0 Å². The SMILES string of the molecule is CCN(CC)c1nc(Cl)nc(NCCCN(C)C)n1. The molecule has 0 amide bonds. The molecule has 0 unspecified atom stereocenters. The number of anilines is 2. The van der Waals surface area contributed by atoms with Gasteiger partial charge in [-0.05, 0) is 52.5 Å². The summed E-state index contributed by atoms with van der Waals surface area (Å²) in [6.07, 6.45) is 1.02. The van der Waals surface area contributed by atoms with Crippen LogP contribution in [-0.2, 0) is 0 Å². The number of halogens is 1. The van der Waals surface area contributed by atoms with Crippen molar-refractivity contribution in [2.75, 3.05) is 50.5 Å². The summed E-state index contributed by atoms with van der Waals surface area (Å²) in [5.41, 5.74) is 0. The first kappa shape index (κ1) is 15.9. The highest BCUT2D eigenvalue weighted by atomic mass is 35.5. The van der Waals surface area contributed by atoms with E-state index < -0.39 is 0 Å². The van der Waals surface area contributed by atoms with E-state index in [2.05, 4.69) is 53.1 Å². The van der Waals surface area contributed by atoms with E-state index in [0.717, 1.165) is 32.6 Å². The molecule has 0 spiro atoms. The molecule has 0 atom stereocenters. The quantitative estimate of drug-likeness (QED) is 0.735.